The van der Waals surface area contributed by atoms with Crippen molar-refractivity contribution in [2.75, 3.05) is 13.7 Å². The van der Waals surface area contributed by atoms with Crippen molar-refractivity contribution >= 4 is 17.7 Å². The fourth-order valence-corrected chi connectivity index (χ4v) is 4.78. The van der Waals surface area contributed by atoms with Crippen LogP contribution in [-0.2, 0) is 45.1 Å². The molecule has 234 valence electrons. The molecule has 0 saturated carbocycles. The molecule has 0 spiro atoms. The largest absolute Gasteiger partial charge is 0.489 e. The van der Waals surface area contributed by atoms with E-state index in [0.29, 0.717) is 31.7 Å². The Morgan fingerprint density at radius 1 is 0.689 bits per heavy atom. The van der Waals surface area contributed by atoms with Crippen LogP contribution in [0.25, 0.3) is 0 Å². The van der Waals surface area contributed by atoms with E-state index in [4.69, 9.17) is 9.47 Å². The van der Waals surface area contributed by atoms with Gasteiger partial charge in [0.1, 0.15) is 24.4 Å². The summed E-state index contributed by atoms with van der Waals surface area (Å²) in [6, 6.07) is 33.0. The molecule has 0 heterocycles. The van der Waals surface area contributed by atoms with E-state index in [1.54, 1.807) is 0 Å². The highest BCUT2D eigenvalue weighted by atomic mass is 16.5. The second kappa shape index (κ2) is 17.4. The fraction of sp³-hybridized carbons (Fsp3) is 0.270. The molecular weight excluding hydrogens is 566 g/mol. The van der Waals surface area contributed by atoms with Gasteiger partial charge in [-0.2, -0.15) is 0 Å². The van der Waals surface area contributed by atoms with Gasteiger partial charge in [0.05, 0.1) is 13.0 Å². The number of benzene rings is 4. The minimum absolute atomic E-state index is 0.0461. The SMILES string of the molecule is COC[C@H](NC(=O)Cc1cccc(OCc2ccccc2)c1)C(=O)N[C@@H](CCc1ccccc1)C(=O)NCc1ccc(C)cc1. The van der Waals surface area contributed by atoms with E-state index in [1.807, 2.05) is 116 Å². The highest BCUT2D eigenvalue weighted by Gasteiger charge is 2.27. The van der Waals surface area contributed by atoms with Gasteiger partial charge in [-0.1, -0.05) is 103 Å². The van der Waals surface area contributed by atoms with Crippen molar-refractivity contribution in [3.63, 3.8) is 0 Å². The van der Waals surface area contributed by atoms with Gasteiger partial charge < -0.3 is 25.4 Å². The molecule has 4 rings (SSSR count). The zero-order chi connectivity index (χ0) is 31.9. The summed E-state index contributed by atoms with van der Waals surface area (Å²) in [5.74, 6) is -0.492. The molecule has 0 saturated heterocycles. The van der Waals surface area contributed by atoms with Crippen LogP contribution in [0.3, 0.4) is 0 Å². The van der Waals surface area contributed by atoms with Crippen molar-refractivity contribution in [1.82, 2.24) is 16.0 Å². The van der Waals surface area contributed by atoms with Gasteiger partial charge in [0.25, 0.3) is 0 Å². The van der Waals surface area contributed by atoms with E-state index in [0.717, 1.165) is 27.8 Å². The molecular formula is C37H41N3O5. The maximum Gasteiger partial charge on any atom is 0.245 e. The molecule has 3 amide bonds. The third-order valence-corrected chi connectivity index (χ3v) is 7.28. The van der Waals surface area contributed by atoms with Gasteiger partial charge in [-0.15, -0.1) is 0 Å². The molecule has 3 N–H and O–H groups in total. The first-order valence-electron chi connectivity index (χ1n) is 15.1. The van der Waals surface area contributed by atoms with Gasteiger partial charge in [0, 0.05) is 13.7 Å². The average Bonchev–Trinajstić information content (AvgIpc) is 3.06. The van der Waals surface area contributed by atoms with Crippen LogP contribution in [0, 0.1) is 6.92 Å². The van der Waals surface area contributed by atoms with Crippen LogP contribution in [0.5, 0.6) is 5.75 Å². The quantitative estimate of drug-likeness (QED) is 0.172. The van der Waals surface area contributed by atoms with Crippen LogP contribution in [-0.4, -0.2) is 43.5 Å². The molecule has 8 heteroatoms. The number of methoxy groups -OCH3 is 1. The molecule has 4 aromatic rings. The van der Waals surface area contributed by atoms with Crippen molar-refractivity contribution in [2.45, 2.75) is 51.4 Å². The lowest BCUT2D eigenvalue weighted by Crippen LogP contribution is -2.55. The van der Waals surface area contributed by atoms with E-state index >= 15 is 0 Å². The number of aryl methyl sites for hydroxylation is 2. The summed E-state index contributed by atoms with van der Waals surface area (Å²) in [5, 5.41) is 8.58. The number of rotatable bonds is 16. The van der Waals surface area contributed by atoms with Crippen molar-refractivity contribution in [2.24, 2.45) is 0 Å². The third-order valence-electron chi connectivity index (χ3n) is 7.28. The second-order valence-electron chi connectivity index (χ2n) is 11.0. The maximum atomic E-state index is 13.4. The predicted molar refractivity (Wildman–Crippen MR) is 174 cm³/mol. The van der Waals surface area contributed by atoms with Crippen LogP contribution in [0.2, 0.25) is 0 Å². The predicted octanol–water partition coefficient (Wildman–Crippen LogP) is 4.68. The van der Waals surface area contributed by atoms with Crippen LogP contribution < -0.4 is 20.7 Å². The second-order valence-corrected chi connectivity index (χ2v) is 11.0. The van der Waals surface area contributed by atoms with E-state index in [1.165, 1.54) is 7.11 Å². The molecule has 0 aliphatic carbocycles. The molecule has 8 nitrogen and oxygen atoms in total. The molecule has 0 aliphatic heterocycles. The number of ether oxygens (including phenoxy) is 2. The zero-order valence-corrected chi connectivity index (χ0v) is 25.8. The Morgan fingerprint density at radius 2 is 1.36 bits per heavy atom. The summed E-state index contributed by atoms with van der Waals surface area (Å²) in [5.41, 5.74) is 4.93. The van der Waals surface area contributed by atoms with Gasteiger partial charge in [-0.25, -0.2) is 0 Å². The van der Waals surface area contributed by atoms with Crippen LogP contribution >= 0.6 is 0 Å². The number of amides is 3. The van der Waals surface area contributed by atoms with Crippen molar-refractivity contribution < 1.29 is 23.9 Å². The smallest absolute Gasteiger partial charge is 0.245 e. The van der Waals surface area contributed by atoms with Crippen molar-refractivity contribution in [1.29, 1.82) is 0 Å². The maximum absolute atomic E-state index is 13.4. The summed E-state index contributed by atoms with van der Waals surface area (Å²) >= 11 is 0. The third kappa shape index (κ3) is 11.2. The highest BCUT2D eigenvalue weighted by molar-refractivity contribution is 5.92. The molecule has 0 unspecified atom stereocenters. The Balaban J connectivity index is 1.36. The van der Waals surface area contributed by atoms with Gasteiger partial charge in [-0.3, -0.25) is 14.4 Å². The Labute approximate surface area is 265 Å². The topological polar surface area (TPSA) is 106 Å². The number of hydrogen-bond donors (Lipinski definition) is 3. The standard InChI is InChI=1S/C37H41N3O5/c1-27-16-18-29(19-17-27)24-38-36(42)33(21-20-28-10-5-3-6-11-28)40-37(43)34(26-44-2)39-35(41)23-31-14-9-15-32(22-31)45-25-30-12-7-4-8-13-30/h3-19,22,33-34H,20-21,23-26H2,1-2H3,(H,38,42)(H,39,41)(H,40,43)/t33-,34-/m0/s1. The van der Waals surface area contributed by atoms with E-state index in [2.05, 4.69) is 16.0 Å². The molecule has 0 bridgehead atoms. The monoisotopic (exact) mass is 607 g/mol. The zero-order valence-electron chi connectivity index (χ0n) is 25.8. The van der Waals surface area contributed by atoms with Crippen molar-refractivity contribution in [3.8, 4) is 5.75 Å². The van der Waals surface area contributed by atoms with Crippen LogP contribution in [0.4, 0.5) is 0 Å². The minimum Gasteiger partial charge on any atom is -0.489 e. The lowest BCUT2D eigenvalue weighted by atomic mass is 10.0. The Bertz CT molecular complexity index is 1510. The molecule has 4 aromatic carbocycles. The first-order valence-corrected chi connectivity index (χ1v) is 15.1. The Morgan fingerprint density at radius 3 is 2.04 bits per heavy atom. The van der Waals surface area contributed by atoms with Crippen LogP contribution in [0.1, 0.15) is 34.2 Å². The molecule has 2 atom stereocenters. The van der Waals surface area contributed by atoms with E-state index in [-0.39, 0.29) is 24.8 Å². The molecule has 0 aromatic heterocycles. The summed E-state index contributed by atoms with van der Waals surface area (Å²) in [7, 11) is 1.46. The summed E-state index contributed by atoms with van der Waals surface area (Å²) in [4.78, 5) is 39.8. The number of nitrogens with one attached hydrogen (secondary N) is 3. The van der Waals surface area contributed by atoms with Crippen molar-refractivity contribution in [3.05, 3.63) is 137 Å². The minimum atomic E-state index is -0.982. The van der Waals surface area contributed by atoms with Gasteiger partial charge in [0.2, 0.25) is 17.7 Å². The lowest BCUT2D eigenvalue weighted by molar-refractivity contribution is -0.133. The number of carbonyl (C=O) groups is 3. The first-order chi connectivity index (χ1) is 21.9. The summed E-state index contributed by atoms with van der Waals surface area (Å²) in [6.45, 7) is 2.71. The normalized spacial score (nSPS) is 12.0. The Kier molecular flexibility index (Phi) is 12.7. The highest BCUT2D eigenvalue weighted by Crippen LogP contribution is 2.16. The summed E-state index contributed by atoms with van der Waals surface area (Å²) < 4.78 is 11.2. The number of hydrogen-bond acceptors (Lipinski definition) is 5. The molecule has 45 heavy (non-hydrogen) atoms. The van der Waals surface area contributed by atoms with Gasteiger partial charge >= 0.3 is 0 Å². The van der Waals surface area contributed by atoms with Crippen LogP contribution in [0.15, 0.2) is 109 Å². The van der Waals surface area contributed by atoms with Gasteiger partial charge in [-0.05, 0) is 54.2 Å². The van der Waals surface area contributed by atoms with E-state index < -0.39 is 18.0 Å². The molecule has 0 aliphatic rings. The van der Waals surface area contributed by atoms with Gasteiger partial charge in [0.15, 0.2) is 0 Å². The number of carbonyl (C=O) groups excluding carboxylic acids is 3. The van der Waals surface area contributed by atoms with E-state index in [9.17, 15) is 14.4 Å². The summed E-state index contributed by atoms with van der Waals surface area (Å²) in [6.07, 6.45) is 1.02. The Hall–Kier alpha value is -4.95. The first kappa shape index (κ1) is 33.0. The average molecular weight is 608 g/mol. The molecule has 0 radical (unpaired) electrons. The molecule has 0 fully saturated rings. The lowest BCUT2D eigenvalue weighted by Gasteiger charge is -2.23. The fourth-order valence-electron chi connectivity index (χ4n) is 4.78.